The van der Waals surface area contributed by atoms with Gasteiger partial charge in [0.15, 0.2) is 5.58 Å². The molecule has 0 bridgehead atoms. The number of aromatic nitrogens is 3. The third kappa shape index (κ3) is 2.94. The minimum Gasteiger partial charge on any atom is -0.435 e. The van der Waals surface area contributed by atoms with Gasteiger partial charge in [0, 0.05) is 19.2 Å². The summed E-state index contributed by atoms with van der Waals surface area (Å²) in [5.41, 5.74) is 4.74. The fourth-order valence-corrected chi connectivity index (χ4v) is 2.87. The molecule has 0 saturated heterocycles. The molecule has 0 radical (unpaired) electrons. The summed E-state index contributed by atoms with van der Waals surface area (Å²) in [7, 11) is 1.70. The zero-order chi connectivity index (χ0) is 17.2. The smallest absolute Gasteiger partial charge is 0.245 e. The Bertz CT molecular complexity index is 966. The van der Waals surface area contributed by atoms with Crippen molar-refractivity contribution in [2.24, 2.45) is 0 Å². The molecule has 0 N–H and O–H groups in total. The Morgan fingerprint density at radius 2 is 1.88 bits per heavy atom. The van der Waals surface area contributed by atoms with E-state index in [-0.39, 0.29) is 0 Å². The lowest BCUT2D eigenvalue weighted by Crippen LogP contribution is -2.07. The van der Waals surface area contributed by atoms with Crippen molar-refractivity contribution in [3.63, 3.8) is 0 Å². The lowest BCUT2D eigenvalue weighted by molar-refractivity contribution is 0.188. The Balaban J connectivity index is 1.83. The van der Waals surface area contributed by atoms with Crippen LogP contribution in [0.3, 0.4) is 0 Å². The van der Waals surface area contributed by atoms with Gasteiger partial charge in [-0.3, -0.25) is 0 Å². The van der Waals surface area contributed by atoms with Gasteiger partial charge < -0.3 is 13.7 Å². The number of imidazole rings is 1. The van der Waals surface area contributed by atoms with E-state index in [2.05, 4.69) is 45.7 Å². The summed E-state index contributed by atoms with van der Waals surface area (Å²) in [6.07, 6.45) is 1.82. The summed E-state index contributed by atoms with van der Waals surface area (Å²) in [5.74, 6) is 1.46. The first kappa shape index (κ1) is 15.6. The van der Waals surface area contributed by atoms with Crippen LogP contribution in [-0.2, 0) is 11.3 Å². The van der Waals surface area contributed by atoms with Gasteiger partial charge >= 0.3 is 0 Å². The van der Waals surface area contributed by atoms with Crippen LogP contribution in [0.15, 0.2) is 59.1 Å². The van der Waals surface area contributed by atoms with Crippen molar-refractivity contribution in [2.75, 3.05) is 13.7 Å². The van der Waals surface area contributed by atoms with Crippen molar-refractivity contribution in [2.45, 2.75) is 13.5 Å². The van der Waals surface area contributed by atoms with E-state index in [0.717, 1.165) is 28.2 Å². The van der Waals surface area contributed by atoms with Crippen molar-refractivity contribution in [1.29, 1.82) is 0 Å². The number of oxazole rings is 1. The maximum absolute atomic E-state index is 5.93. The maximum atomic E-state index is 5.93. The van der Waals surface area contributed by atoms with E-state index in [0.29, 0.717) is 19.0 Å². The van der Waals surface area contributed by atoms with Gasteiger partial charge in [-0.25, -0.2) is 9.97 Å². The molecule has 0 amide bonds. The minimum absolute atomic E-state index is 0.572. The minimum atomic E-state index is 0.572. The molecule has 0 atom stereocenters. The van der Waals surface area contributed by atoms with E-state index in [1.165, 1.54) is 5.56 Å². The molecule has 25 heavy (non-hydrogen) atoms. The van der Waals surface area contributed by atoms with Crippen molar-refractivity contribution in [3.8, 4) is 23.0 Å². The molecule has 0 unspecified atom stereocenters. The number of fused-ring (bicyclic) bond motifs is 1. The van der Waals surface area contributed by atoms with E-state index >= 15 is 0 Å². The third-order valence-corrected chi connectivity index (χ3v) is 4.20. The molecule has 0 spiro atoms. The van der Waals surface area contributed by atoms with Gasteiger partial charge in [0.25, 0.3) is 0 Å². The van der Waals surface area contributed by atoms with Crippen LogP contribution >= 0.6 is 0 Å². The molecule has 0 aliphatic rings. The predicted molar refractivity (Wildman–Crippen MR) is 97.3 cm³/mol. The second-order valence-corrected chi connectivity index (χ2v) is 5.96. The van der Waals surface area contributed by atoms with E-state index < -0.39 is 0 Å². The highest BCUT2D eigenvalue weighted by Gasteiger charge is 2.17. The summed E-state index contributed by atoms with van der Waals surface area (Å²) < 4.78 is 13.3. The summed E-state index contributed by atoms with van der Waals surface area (Å²) in [6, 6.07) is 16.1. The summed E-state index contributed by atoms with van der Waals surface area (Å²) in [4.78, 5) is 9.23. The third-order valence-electron chi connectivity index (χ3n) is 4.20. The molecule has 2 heterocycles. The highest BCUT2D eigenvalue weighted by atomic mass is 16.5. The molecular weight excluding hydrogens is 314 g/mol. The van der Waals surface area contributed by atoms with E-state index in [1.54, 1.807) is 7.11 Å². The average molecular weight is 333 g/mol. The summed E-state index contributed by atoms with van der Waals surface area (Å²) in [6.45, 7) is 3.33. The molecule has 0 aliphatic heterocycles. The Morgan fingerprint density at radius 3 is 2.64 bits per heavy atom. The number of aryl methyl sites for hydroxylation is 1. The molecule has 0 aliphatic carbocycles. The fourth-order valence-electron chi connectivity index (χ4n) is 2.87. The Hall–Kier alpha value is -2.92. The molecule has 2 aromatic heterocycles. The number of benzene rings is 2. The van der Waals surface area contributed by atoms with Crippen molar-refractivity contribution >= 4 is 11.1 Å². The predicted octanol–water partition coefficient (Wildman–Crippen LogP) is 4.31. The quantitative estimate of drug-likeness (QED) is 0.546. The highest BCUT2D eigenvalue weighted by molar-refractivity contribution is 5.75. The van der Waals surface area contributed by atoms with Gasteiger partial charge in [0.1, 0.15) is 17.0 Å². The van der Waals surface area contributed by atoms with E-state index in [9.17, 15) is 0 Å². The Kier molecular flexibility index (Phi) is 4.07. The van der Waals surface area contributed by atoms with Gasteiger partial charge in [0.2, 0.25) is 5.89 Å². The van der Waals surface area contributed by atoms with Crippen LogP contribution in [0.25, 0.3) is 34.1 Å². The molecule has 2 aromatic carbocycles. The van der Waals surface area contributed by atoms with Crippen molar-refractivity contribution in [1.82, 2.24) is 14.5 Å². The van der Waals surface area contributed by atoms with Crippen LogP contribution in [0, 0.1) is 6.92 Å². The average Bonchev–Trinajstić information content (AvgIpc) is 3.24. The topological polar surface area (TPSA) is 53.1 Å². The Morgan fingerprint density at radius 1 is 1.08 bits per heavy atom. The van der Waals surface area contributed by atoms with Crippen molar-refractivity contribution in [3.05, 3.63) is 60.3 Å². The molecule has 0 fully saturated rings. The van der Waals surface area contributed by atoms with Crippen LogP contribution in [0.5, 0.6) is 0 Å². The van der Waals surface area contributed by atoms with Crippen LogP contribution in [0.2, 0.25) is 0 Å². The van der Waals surface area contributed by atoms with Gasteiger partial charge in [-0.15, -0.1) is 0 Å². The number of hydrogen-bond acceptors (Lipinski definition) is 4. The zero-order valence-electron chi connectivity index (χ0n) is 14.3. The SMILES string of the molecule is COCCn1c(-c2nc3ccccc3o2)cnc1-c1ccc(C)cc1. The molecular formula is C20H19N3O2. The number of rotatable bonds is 5. The monoisotopic (exact) mass is 333 g/mol. The number of ether oxygens (including phenoxy) is 1. The van der Waals surface area contributed by atoms with E-state index in [4.69, 9.17) is 9.15 Å². The maximum Gasteiger partial charge on any atom is 0.245 e. The zero-order valence-corrected chi connectivity index (χ0v) is 14.3. The number of hydrogen-bond donors (Lipinski definition) is 0. The lowest BCUT2D eigenvalue weighted by atomic mass is 10.1. The fraction of sp³-hybridized carbons (Fsp3) is 0.200. The van der Waals surface area contributed by atoms with Gasteiger partial charge in [0.05, 0.1) is 12.8 Å². The molecule has 4 aromatic rings. The largest absolute Gasteiger partial charge is 0.435 e. The number of para-hydroxylation sites is 2. The van der Waals surface area contributed by atoms with Crippen molar-refractivity contribution < 1.29 is 9.15 Å². The molecule has 126 valence electrons. The van der Waals surface area contributed by atoms with Gasteiger partial charge in [-0.1, -0.05) is 42.0 Å². The first-order valence-corrected chi connectivity index (χ1v) is 8.24. The molecule has 4 rings (SSSR count). The molecule has 5 nitrogen and oxygen atoms in total. The Labute approximate surface area is 145 Å². The first-order valence-electron chi connectivity index (χ1n) is 8.24. The first-order chi connectivity index (χ1) is 12.3. The lowest BCUT2D eigenvalue weighted by Gasteiger charge is -2.10. The summed E-state index contributed by atoms with van der Waals surface area (Å²) >= 11 is 0. The molecule has 0 saturated carbocycles. The second kappa shape index (κ2) is 6.53. The molecule has 5 heteroatoms. The number of nitrogens with zero attached hydrogens (tertiary/aromatic N) is 3. The normalized spacial score (nSPS) is 11.3. The van der Waals surface area contributed by atoms with Crippen LogP contribution in [0.1, 0.15) is 5.56 Å². The van der Waals surface area contributed by atoms with Crippen LogP contribution in [0.4, 0.5) is 0 Å². The van der Waals surface area contributed by atoms with E-state index in [1.807, 2.05) is 30.5 Å². The summed E-state index contributed by atoms with van der Waals surface area (Å²) in [5, 5.41) is 0. The van der Waals surface area contributed by atoms with Gasteiger partial charge in [-0.05, 0) is 19.1 Å². The highest BCUT2D eigenvalue weighted by Crippen LogP contribution is 2.28. The van der Waals surface area contributed by atoms with Crippen LogP contribution in [-0.4, -0.2) is 28.3 Å². The standard InChI is InChI=1S/C20H19N3O2/c1-14-7-9-15(10-8-14)19-21-13-17(23(19)11-12-24-2)20-22-16-5-3-4-6-18(16)25-20/h3-10,13H,11-12H2,1-2H3. The second-order valence-electron chi connectivity index (χ2n) is 5.96. The van der Waals surface area contributed by atoms with Crippen LogP contribution < -0.4 is 0 Å². The number of methoxy groups -OCH3 is 1. The van der Waals surface area contributed by atoms with Gasteiger partial charge in [-0.2, -0.15) is 0 Å².